The highest BCUT2D eigenvalue weighted by Crippen LogP contribution is 2.39. The van der Waals surface area contributed by atoms with Gasteiger partial charge in [0.05, 0.1) is 5.56 Å². The lowest BCUT2D eigenvalue weighted by Gasteiger charge is -2.26. The Balaban J connectivity index is 2.31. The second-order valence-electron chi connectivity index (χ2n) is 5.52. The van der Waals surface area contributed by atoms with Crippen LogP contribution in [0.25, 0.3) is 0 Å². The van der Waals surface area contributed by atoms with Crippen molar-refractivity contribution in [3.05, 3.63) is 35.1 Å². The van der Waals surface area contributed by atoms with E-state index in [4.69, 9.17) is 0 Å². The molecular formula is C15H20F4N2. The van der Waals surface area contributed by atoms with Gasteiger partial charge in [0.2, 0.25) is 0 Å². The highest BCUT2D eigenvalue weighted by atomic mass is 19.4. The van der Waals surface area contributed by atoms with Crippen LogP contribution in [0.15, 0.2) is 18.2 Å². The van der Waals surface area contributed by atoms with Crippen LogP contribution in [0.2, 0.25) is 0 Å². The Hall–Kier alpha value is -1.14. The molecule has 1 heterocycles. The summed E-state index contributed by atoms with van der Waals surface area (Å²) in [5.74, 6) is -0.975. The van der Waals surface area contributed by atoms with Gasteiger partial charge in [0.1, 0.15) is 5.82 Å². The van der Waals surface area contributed by atoms with Crippen LogP contribution in [0.3, 0.4) is 0 Å². The second kappa shape index (κ2) is 6.32. The number of likely N-dealkylation sites (tertiary alicyclic amines) is 1. The molecule has 2 nitrogen and oxygen atoms in total. The Kier molecular flexibility index (Phi) is 4.88. The predicted octanol–water partition coefficient (Wildman–Crippen LogP) is 3.45. The molecule has 0 bridgehead atoms. The molecule has 6 heteroatoms. The SMILES string of the molecule is CCNCC1CCN(C)C1c1ccc(F)c(C(F)(F)F)c1. The first-order chi connectivity index (χ1) is 9.84. The topological polar surface area (TPSA) is 15.3 Å². The molecule has 2 rings (SSSR count). The summed E-state index contributed by atoms with van der Waals surface area (Å²) in [5, 5.41) is 3.24. The molecule has 0 radical (unpaired) electrons. The molecule has 118 valence electrons. The number of halogens is 4. The van der Waals surface area contributed by atoms with Gasteiger partial charge in [-0.2, -0.15) is 13.2 Å². The van der Waals surface area contributed by atoms with Gasteiger partial charge in [-0.3, -0.25) is 4.90 Å². The summed E-state index contributed by atoms with van der Waals surface area (Å²) < 4.78 is 51.9. The minimum absolute atomic E-state index is 0.106. The van der Waals surface area contributed by atoms with Gasteiger partial charge in [0.25, 0.3) is 0 Å². The molecule has 0 spiro atoms. The summed E-state index contributed by atoms with van der Waals surface area (Å²) in [5.41, 5.74) is -0.644. The molecule has 0 aromatic heterocycles. The Bertz CT molecular complexity index is 487. The van der Waals surface area contributed by atoms with E-state index >= 15 is 0 Å². The number of nitrogens with zero attached hydrogens (tertiary/aromatic N) is 1. The van der Waals surface area contributed by atoms with E-state index < -0.39 is 17.6 Å². The van der Waals surface area contributed by atoms with Crippen molar-refractivity contribution in [3.8, 4) is 0 Å². The fraction of sp³-hybridized carbons (Fsp3) is 0.600. The number of rotatable bonds is 4. The van der Waals surface area contributed by atoms with Crippen LogP contribution in [0.1, 0.15) is 30.5 Å². The van der Waals surface area contributed by atoms with E-state index in [0.717, 1.165) is 38.2 Å². The second-order valence-corrected chi connectivity index (χ2v) is 5.52. The van der Waals surface area contributed by atoms with Crippen molar-refractivity contribution in [3.63, 3.8) is 0 Å². The predicted molar refractivity (Wildman–Crippen MR) is 73.4 cm³/mol. The van der Waals surface area contributed by atoms with Crippen molar-refractivity contribution in [2.75, 3.05) is 26.7 Å². The maximum atomic E-state index is 13.4. The largest absolute Gasteiger partial charge is 0.419 e. The third-order valence-corrected chi connectivity index (χ3v) is 4.07. The maximum absolute atomic E-state index is 13.4. The van der Waals surface area contributed by atoms with Gasteiger partial charge in [0, 0.05) is 6.04 Å². The Morgan fingerprint density at radius 2 is 2.05 bits per heavy atom. The summed E-state index contributed by atoms with van der Waals surface area (Å²) in [6.07, 6.45) is -3.73. The van der Waals surface area contributed by atoms with Crippen LogP contribution in [0.5, 0.6) is 0 Å². The zero-order valence-corrected chi connectivity index (χ0v) is 12.2. The lowest BCUT2D eigenvalue weighted by atomic mass is 9.92. The van der Waals surface area contributed by atoms with Crippen LogP contribution in [-0.4, -0.2) is 31.6 Å². The number of nitrogens with one attached hydrogen (secondary N) is 1. The first-order valence-electron chi connectivity index (χ1n) is 7.12. The average molecular weight is 304 g/mol. The number of benzene rings is 1. The molecule has 1 fully saturated rings. The quantitative estimate of drug-likeness (QED) is 0.857. The maximum Gasteiger partial charge on any atom is 0.419 e. The molecule has 1 aromatic carbocycles. The monoisotopic (exact) mass is 304 g/mol. The fourth-order valence-electron chi connectivity index (χ4n) is 3.04. The van der Waals surface area contributed by atoms with Crippen LogP contribution in [-0.2, 0) is 6.18 Å². The van der Waals surface area contributed by atoms with Crippen LogP contribution >= 0.6 is 0 Å². The van der Waals surface area contributed by atoms with Gasteiger partial charge >= 0.3 is 6.18 Å². The molecule has 1 aliphatic heterocycles. The van der Waals surface area contributed by atoms with E-state index in [-0.39, 0.29) is 12.0 Å². The standard InChI is InChI=1S/C15H20F4N2/c1-3-20-9-11-6-7-21(2)14(11)10-4-5-13(16)12(8-10)15(17,18)19/h4-5,8,11,14,20H,3,6-7,9H2,1-2H3. The number of hydrogen-bond donors (Lipinski definition) is 1. The molecule has 0 amide bonds. The summed E-state index contributed by atoms with van der Waals surface area (Å²) >= 11 is 0. The van der Waals surface area contributed by atoms with Crippen LogP contribution < -0.4 is 5.32 Å². The summed E-state index contributed by atoms with van der Waals surface area (Å²) in [6, 6.07) is 3.25. The van der Waals surface area contributed by atoms with Crippen molar-refractivity contribution in [1.82, 2.24) is 10.2 Å². The van der Waals surface area contributed by atoms with Crippen molar-refractivity contribution in [1.29, 1.82) is 0 Å². The fourth-order valence-corrected chi connectivity index (χ4v) is 3.04. The Labute approximate surface area is 122 Å². The first-order valence-corrected chi connectivity index (χ1v) is 7.12. The Morgan fingerprint density at radius 1 is 1.33 bits per heavy atom. The molecule has 2 unspecified atom stereocenters. The molecule has 0 aliphatic carbocycles. The minimum Gasteiger partial charge on any atom is -0.317 e. The molecule has 2 atom stereocenters. The Morgan fingerprint density at radius 3 is 2.67 bits per heavy atom. The van der Waals surface area contributed by atoms with Crippen molar-refractivity contribution < 1.29 is 17.6 Å². The molecule has 1 saturated heterocycles. The van der Waals surface area contributed by atoms with E-state index in [1.807, 2.05) is 18.9 Å². The van der Waals surface area contributed by atoms with Gasteiger partial charge in [-0.15, -0.1) is 0 Å². The third-order valence-electron chi connectivity index (χ3n) is 4.07. The number of alkyl halides is 3. The van der Waals surface area contributed by atoms with Crippen LogP contribution in [0, 0.1) is 11.7 Å². The third kappa shape index (κ3) is 3.55. The van der Waals surface area contributed by atoms with Crippen molar-refractivity contribution in [2.24, 2.45) is 5.92 Å². The van der Waals surface area contributed by atoms with E-state index in [1.165, 1.54) is 6.07 Å². The summed E-state index contributed by atoms with van der Waals surface area (Å²) in [4.78, 5) is 2.04. The first kappa shape index (κ1) is 16.2. The lowest BCUT2D eigenvalue weighted by molar-refractivity contribution is -0.140. The molecule has 1 N–H and O–H groups in total. The molecule has 21 heavy (non-hydrogen) atoms. The van der Waals surface area contributed by atoms with E-state index in [9.17, 15) is 17.6 Å². The zero-order chi connectivity index (χ0) is 15.6. The van der Waals surface area contributed by atoms with E-state index in [0.29, 0.717) is 5.56 Å². The highest BCUT2D eigenvalue weighted by Gasteiger charge is 2.37. The van der Waals surface area contributed by atoms with Crippen molar-refractivity contribution >= 4 is 0 Å². The lowest BCUT2D eigenvalue weighted by Crippen LogP contribution is -2.28. The van der Waals surface area contributed by atoms with Gasteiger partial charge < -0.3 is 5.32 Å². The summed E-state index contributed by atoms with van der Waals surface area (Å²) in [7, 11) is 1.90. The van der Waals surface area contributed by atoms with Gasteiger partial charge in [-0.1, -0.05) is 13.0 Å². The molecular weight excluding hydrogens is 284 g/mol. The normalized spacial score (nSPS) is 23.7. The zero-order valence-electron chi connectivity index (χ0n) is 12.2. The number of hydrogen-bond acceptors (Lipinski definition) is 2. The van der Waals surface area contributed by atoms with Gasteiger partial charge in [-0.25, -0.2) is 4.39 Å². The van der Waals surface area contributed by atoms with Gasteiger partial charge in [-0.05, 0) is 56.7 Å². The minimum atomic E-state index is -4.66. The highest BCUT2D eigenvalue weighted by molar-refractivity contribution is 5.30. The van der Waals surface area contributed by atoms with Crippen molar-refractivity contribution in [2.45, 2.75) is 25.6 Å². The van der Waals surface area contributed by atoms with E-state index in [1.54, 1.807) is 0 Å². The molecule has 1 aromatic rings. The average Bonchev–Trinajstić information content (AvgIpc) is 2.77. The van der Waals surface area contributed by atoms with E-state index in [2.05, 4.69) is 5.32 Å². The molecule has 1 aliphatic rings. The summed E-state index contributed by atoms with van der Waals surface area (Å²) in [6.45, 7) is 4.40. The van der Waals surface area contributed by atoms with Gasteiger partial charge in [0.15, 0.2) is 0 Å². The van der Waals surface area contributed by atoms with Crippen LogP contribution in [0.4, 0.5) is 17.6 Å². The molecule has 0 saturated carbocycles. The smallest absolute Gasteiger partial charge is 0.317 e.